The molecule has 0 fully saturated rings. The van der Waals surface area contributed by atoms with E-state index >= 15 is 0 Å². The average molecular weight is 325 g/mol. The van der Waals surface area contributed by atoms with Crippen molar-refractivity contribution in [2.24, 2.45) is 0 Å². The van der Waals surface area contributed by atoms with E-state index in [4.69, 9.17) is 0 Å². The van der Waals surface area contributed by atoms with E-state index in [-0.39, 0.29) is 11.9 Å². The van der Waals surface area contributed by atoms with Crippen LogP contribution in [0.1, 0.15) is 39.7 Å². The van der Waals surface area contributed by atoms with Crippen molar-refractivity contribution in [3.05, 3.63) is 58.0 Å². The van der Waals surface area contributed by atoms with Crippen molar-refractivity contribution >= 4 is 17.2 Å². The molecule has 1 unspecified atom stereocenters. The molecule has 23 heavy (non-hydrogen) atoms. The lowest BCUT2D eigenvalue weighted by molar-refractivity contribution is 0.0936. The highest BCUT2D eigenvalue weighted by Crippen LogP contribution is 2.30. The van der Waals surface area contributed by atoms with Gasteiger partial charge in [0, 0.05) is 0 Å². The maximum atomic E-state index is 12.7. The third kappa shape index (κ3) is 2.63. The summed E-state index contributed by atoms with van der Waals surface area (Å²) in [4.78, 5) is 13.3. The van der Waals surface area contributed by atoms with Gasteiger partial charge in [-0.25, -0.2) is 0 Å². The molecular weight excluding hydrogens is 310 g/mol. The second kappa shape index (κ2) is 5.92. The maximum Gasteiger partial charge on any atom is 0.264 e. The predicted octanol–water partition coefficient (Wildman–Crippen LogP) is 2.53. The van der Waals surface area contributed by atoms with E-state index in [2.05, 4.69) is 39.0 Å². The smallest absolute Gasteiger partial charge is 0.264 e. The van der Waals surface area contributed by atoms with Crippen LogP contribution in [0.5, 0.6) is 0 Å². The standard InChI is InChI=1S/C16H15N5OS/c22-16(15-14(8-9-23-15)21-10-17-19-20-21)18-13-7-3-5-11-4-1-2-6-12(11)13/h1-2,4,6,8-10,13H,3,5,7H2,(H,18,22). The number of rotatable bonds is 3. The second-order valence-electron chi connectivity index (χ2n) is 5.51. The number of carbonyl (C=O) groups is 1. The van der Waals surface area contributed by atoms with Crippen LogP contribution < -0.4 is 5.32 Å². The first-order valence-corrected chi connectivity index (χ1v) is 8.40. The molecule has 1 aromatic carbocycles. The van der Waals surface area contributed by atoms with Gasteiger partial charge >= 0.3 is 0 Å². The molecule has 1 amide bonds. The SMILES string of the molecule is O=C(NC1CCCc2ccccc21)c1sccc1-n1cnnn1. The predicted molar refractivity (Wildman–Crippen MR) is 86.6 cm³/mol. The van der Waals surface area contributed by atoms with Crippen LogP contribution in [0.4, 0.5) is 0 Å². The zero-order valence-corrected chi connectivity index (χ0v) is 13.2. The fourth-order valence-corrected chi connectivity index (χ4v) is 3.83. The molecule has 116 valence electrons. The van der Waals surface area contributed by atoms with Crippen molar-refractivity contribution in [2.45, 2.75) is 25.3 Å². The fourth-order valence-electron chi connectivity index (χ4n) is 3.05. The summed E-state index contributed by atoms with van der Waals surface area (Å²) in [5.41, 5.74) is 3.27. The highest BCUT2D eigenvalue weighted by atomic mass is 32.1. The summed E-state index contributed by atoms with van der Waals surface area (Å²) < 4.78 is 1.51. The highest BCUT2D eigenvalue weighted by molar-refractivity contribution is 7.12. The fraction of sp³-hybridized carbons (Fsp3) is 0.250. The molecule has 1 N–H and O–H groups in total. The van der Waals surface area contributed by atoms with Gasteiger partial charge in [0.25, 0.3) is 5.91 Å². The van der Waals surface area contributed by atoms with Gasteiger partial charge in [0.1, 0.15) is 11.2 Å². The highest BCUT2D eigenvalue weighted by Gasteiger charge is 2.24. The number of hydrogen-bond donors (Lipinski definition) is 1. The van der Waals surface area contributed by atoms with Crippen LogP contribution in [-0.2, 0) is 6.42 Å². The van der Waals surface area contributed by atoms with Crippen molar-refractivity contribution in [1.82, 2.24) is 25.5 Å². The Balaban J connectivity index is 1.59. The molecule has 0 radical (unpaired) electrons. The van der Waals surface area contributed by atoms with Crippen molar-refractivity contribution in [3.8, 4) is 5.69 Å². The summed E-state index contributed by atoms with van der Waals surface area (Å²) in [5, 5.41) is 16.2. The molecule has 0 saturated carbocycles. The third-order valence-corrected chi connectivity index (χ3v) is 5.02. The van der Waals surface area contributed by atoms with E-state index < -0.39 is 0 Å². The molecule has 6 nitrogen and oxygen atoms in total. The Labute approximate surface area is 137 Å². The third-order valence-electron chi connectivity index (χ3n) is 4.12. The lowest BCUT2D eigenvalue weighted by Gasteiger charge is -2.26. The number of aromatic nitrogens is 4. The van der Waals surface area contributed by atoms with E-state index in [9.17, 15) is 4.79 Å². The molecule has 0 spiro atoms. The number of benzene rings is 1. The van der Waals surface area contributed by atoms with Gasteiger partial charge in [0.2, 0.25) is 0 Å². The average Bonchev–Trinajstić information content (AvgIpc) is 3.26. The Bertz CT molecular complexity index is 827. The van der Waals surface area contributed by atoms with E-state index in [1.165, 1.54) is 33.5 Å². The van der Waals surface area contributed by atoms with Gasteiger partial charge in [-0.05, 0) is 52.3 Å². The molecule has 2 aromatic heterocycles. The zero-order valence-electron chi connectivity index (χ0n) is 12.3. The Morgan fingerprint density at radius 2 is 2.22 bits per heavy atom. The zero-order chi connectivity index (χ0) is 15.6. The van der Waals surface area contributed by atoms with Crippen LogP contribution in [0, 0.1) is 0 Å². The first-order chi connectivity index (χ1) is 11.3. The van der Waals surface area contributed by atoms with Crippen LogP contribution in [0.15, 0.2) is 42.0 Å². The topological polar surface area (TPSA) is 72.7 Å². The molecule has 1 atom stereocenters. The molecule has 4 rings (SSSR count). The molecule has 1 aliphatic rings. The summed E-state index contributed by atoms with van der Waals surface area (Å²) in [7, 11) is 0. The Hall–Kier alpha value is -2.54. The molecule has 0 bridgehead atoms. The number of amides is 1. The molecular formula is C16H15N5OS. The Morgan fingerprint density at radius 1 is 1.30 bits per heavy atom. The molecule has 7 heteroatoms. The summed E-state index contributed by atoms with van der Waals surface area (Å²) in [6, 6.07) is 10.3. The molecule has 1 aliphatic carbocycles. The first-order valence-electron chi connectivity index (χ1n) is 7.52. The number of tetrazole rings is 1. The van der Waals surface area contributed by atoms with E-state index in [0.29, 0.717) is 10.6 Å². The molecule has 0 saturated heterocycles. The molecule has 0 aliphatic heterocycles. The lowest BCUT2D eigenvalue weighted by Crippen LogP contribution is -2.31. The number of hydrogen-bond acceptors (Lipinski definition) is 5. The number of nitrogens with one attached hydrogen (secondary N) is 1. The van der Waals surface area contributed by atoms with Gasteiger partial charge in [-0.15, -0.1) is 16.4 Å². The van der Waals surface area contributed by atoms with Gasteiger partial charge in [-0.2, -0.15) is 4.68 Å². The van der Waals surface area contributed by atoms with Crippen molar-refractivity contribution < 1.29 is 4.79 Å². The summed E-state index contributed by atoms with van der Waals surface area (Å²) in [6.07, 6.45) is 4.63. The Morgan fingerprint density at radius 3 is 3.09 bits per heavy atom. The quantitative estimate of drug-likeness (QED) is 0.803. The Kier molecular flexibility index (Phi) is 3.63. The van der Waals surface area contributed by atoms with Gasteiger partial charge in [0.15, 0.2) is 0 Å². The normalized spacial score (nSPS) is 16.8. The minimum absolute atomic E-state index is 0.0660. The van der Waals surface area contributed by atoms with Gasteiger partial charge in [-0.3, -0.25) is 4.79 Å². The number of fused-ring (bicyclic) bond motifs is 1. The summed E-state index contributed by atoms with van der Waals surface area (Å²) in [5.74, 6) is -0.0767. The van der Waals surface area contributed by atoms with Crippen LogP contribution in [0.2, 0.25) is 0 Å². The lowest BCUT2D eigenvalue weighted by atomic mass is 9.88. The van der Waals surface area contributed by atoms with Crippen molar-refractivity contribution in [1.29, 1.82) is 0 Å². The minimum Gasteiger partial charge on any atom is -0.344 e. The van der Waals surface area contributed by atoms with Gasteiger partial charge < -0.3 is 5.32 Å². The largest absolute Gasteiger partial charge is 0.344 e. The number of aryl methyl sites for hydroxylation is 1. The first kappa shape index (κ1) is 14.1. The van der Waals surface area contributed by atoms with Crippen LogP contribution in [-0.4, -0.2) is 26.1 Å². The summed E-state index contributed by atoms with van der Waals surface area (Å²) in [6.45, 7) is 0. The minimum atomic E-state index is -0.0767. The number of nitrogens with zero attached hydrogens (tertiary/aromatic N) is 4. The van der Waals surface area contributed by atoms with Crippen molar-refractivity contribution in [3.63, 3.8) is 0 Å². The molecule has 2 heterocycles. The van der Waals surface area contributed by atoms with Gasteiger partial charge in [-0.1, -0.05) is 24.3 Å². The van der Waals surface area contributed by atoms with E-state index in [1.807, 2.05) is 17.5 Å². The van der Waals surface area contributed by atoms with E-state index in [0.717, 1.165) is 19.3 Å². The second-order valence-corrected chi connectivity index (χ2v) is 6.42. The van der Waals surface area contributed by atoms with Gasteiger partial charge in [0.05, 0.1) is 11.7 Å². The van der Waals surface area contributed by atoms with Crippen LogP contribution in [0.25, 0.3) is 5.69 Å². The number of carbonyl (C=O) groups excluding carboxylic acids is 1. The maximum absolute atomic E-state index is 12.7. The van der Waals surface area contributed by atoms with Crippen LogP contribution in [0.3, 0.4) is 0 Å². The van der Waals surface area contributed by atoms with Crippen LogP contribution >= 0.6 is 11.3 Å². The van der Waals surface area contributed by atoms with E-state index in [1.54, 1.807) is 0 Å². The monoisotopic (exact) mass is 325 g/mol. The summed E-state index contributed by atoms with van der Waals surface area (Å²) >= 11 is 1.40. The number of thiophene rings is 1. The molecule has 3 aromatic rings. The van der Waals surface area contributed by atoms with Crippen molar-refractivity contribution in [2.75, 3.05) is 0 Å².